The number of rotatable bonds is 6. The molecule has 33 heavy (non-hydrogen) atoms. The fourth-order valence-electron chi connectivity index (χ4n) is 4.41. The van der Waals surface area contributed by atoms with Gasteiger partial charge in [0.2, 0.25) is 5.88 Å². The molecule has 0 amide bonds. The number of hydrogen-bond acceptors (Lipinski definition) is 7. The van der Waals surface area contributed by atoms with E-state index in [9.17, 15) is 10.1 Å². The van der Waals surface area contributed by atoms with Crippen molar-refractivity contribution in [1.82, 2.24) is 24.1 Å². The van der Waals surface area contributed by atoms with Crippen molar-refractivity contribution in [3.05, 3.63) is 58.5 Å². The van der Waals surface area contributed by atoms with E-state index in [1.807, 2.05) is 10.6 Å². The van der Waals surface area contributed by atoms with Gasteiger partial charge in [0.05, 0.1) is 59.5 Å². The number of ether oxygens (including phenoxy) is 2. The zero-order valence-corrected chi connectivity index (χ0v) is 18.0. The molecule has 4 heterocycles. The van der Waals surface area contributed by atoms with Crippen LogP contribution in [0.4, 0.5) is 0 Å². The van der Waals surface area contributed by atoms with Crippen LogP contribution in [0.15, 0.2) is 41.5 Å². The van der Waals surface area contributed by atoms with E-state index in [-0.39, 0.29) is 18.3 Å². The Kier molecular flexibility index (Phi) is 4.80. The van der Waals surface area contributed by atoms with Crippen molar-refractivity contribution in [3.63, 3.8) is 0 Å². The predicted molar refractivity (Wildman–Crippen MR) is 120 cm³/mol. The molecule has 9 heteroatoms. The van der Waals surface area contributed by atoms with Gasteiger partial charge in [-0.05, 0) is 43.5 Å². The van der Waals surface area contributed by atoms with Crippen LogP contribution >= 0.6 is 0 Å². The van der Waals surface area contributed by atoms with Crippen LogP contribution in [0.25, 0.3) is 21.9 Å². The highest BCUT2D eigenvalue weighted by Crippen LogP contribution is 2.36. The average Bonchev–Trinajstić information content (AvgIpc) is 3.46. The van der Waals surface area contributed by atoms with Crippen LogP contribution in [-0.4, -0.2) is 43.9 Å². The van der Waals surface area contributed by atoms with Crippen LogP contribution in [0, 0.1) is 17.2 Å². The zero-order valence-electron chi connectivity index (χ0n) is 18.0. The van der Waals surface area contributed by atoms with Gasteiger partial charge in [-0.2, -0.15) is 10.2 Å². The van der Waals surface area contributed by atoms with Crippen molar-refractivity contribution < 1.29 is 9.47 Å². The summed E-state index contributed by atoms with van der Waals surface area (Å²) in [6, 6.07) is 9.55. The molecule has 1 saturated heterocycles. The number of aromatic nitrogens is 5. The number of hydrogen-bond donors (Lipinski definition) is 0. The molecule has 3 aromatic heterocycles. The van der Waals surface area contributed by atoms with Gasteiger partial charge >= 0.3 is 5.69 Å². The molecular formula is C24H22N6O3. The molecule has 4 aromatic rings. The first-order chi connectivity index (χ1) is 16.2. The van der Waals surface area contributed by atoms with Crippen molar-refractivity contribution >= 4 is 21.9 Å². The molecule has 1 unspecified atom stereocenters. The van der Waals surface area contributed by atoms with E-state index in [0.717, 1.165) is 36.9 Å². The number of benzene rings is 1. The van der Waals surface area contributed by atoms with E-state index >= 15 is 0 Å². The Morgan fingerprint density at radius 3 is 2.88 bits per heavy atom. The van der Waals surface area contributed by atoms with Gasteiger partial charge < -0.3 is 9.47 Å². The monoisotopic (exact) mass is 442 g/mol. The third kappa shape index (κ3) is 3.62. The molecule has 2 fully saturated rings. The van der Waals surface area contributed by atoms with Crippen molar-refractivity contribution in [1.29, 1.82) is 5.26 Å². The van der Waals surface area contributed by atoms with E-state index in [1.54, 1.807) is 35.2 Å². The molecule has 0 N–H and O–H groups in total. The summed E-state index contributed by atoms with van der Waals surface area (Å²) < 4.78 is 15.1. The molecule has 9 nitrogen and oxygen atoms in total. The number of pyridine rings is 1. The van der Waals surface area contributed by atoms with Gasteiger partial charge in [-0.25, -0.2) is 9.78 Å². The highest BCUT2D eigenvalue weighted by Gasteiger charge is 2.29. The molecule has 1 atom stereocenters. The fourth-order valence-corrected chi connectivity index (χ4v) is 4.41. The molecule has 166 valence electrons. The van der Waals surface area contributed by atoms with Crippen molar-refractivity contribution in [3.8, 4) is 11.9 Å². The lowest BCUT2D eigenvalue weighted by molar-refractivity contribution is 0.166. The Morgan fingerprint density at radius 1 is 1.18 bits per heavy atom. The maximum Gasteiger partial charge on any atom is 0.329 e. The van der Waals surface area contributed by atoms with Gasteiger partial charge in [-0.3, -0.25) is 14.1 Å². The quantitative estimate of drug-likeness (QED) is 0.452. The lowest BCUT2D eigenvalue weighted by atomic mass is 10.1. The summed E-state index contributed by atoms with van der Waals surface area (Å²) in [6.07, 6.45) is 6.40. The van der Waals surface area contributed by atoms with Crippen molar-refractivity contribution in [2.24, 2.45) is 5.92 Å². The summed E-state index contributed by atoms with van der Waals surface area (Å²) in [5.74, 6) is 1.21. The second-order valence-corrected chi connectivity index (χ2v) is 8.66. The number of imidazole rings is 1. The molecule has 0 spiro atoms. The summed E-state index contributed by atoms with van der Waals surface area (Å²) in [4.78, 5) is 26.9. The Hall–Kier alpha value is -3.77. The van der Waals surface area contributed by atoms with Gasteiger partial charge in [0, 0.05) is 24.8 Å². The second kappa shape index (κ2) is 7.98. The Labute approximate surface area is 189 Å². The fraction of sp³-hybridized carbons (Fsp3) is 0.375. The van der Waals surface area contributed by atoms with Crippen LogP contribution in [0.2, 0.25) is 0 Å². The van der Waals surface area contributed by atoms with Gasteiger partial charge in [0.25, 0.3) is 0 Å². The molecule has 1 saturated carbocycles. The minimum Gasteiger partial charge on any atom is -0.477 e. The lowest BCUT2D eigenvalue weighted by Gasteiger charge is -2.13. The van der Waals surface area contributed by atoms with E-state index in [1.165, 1.54) is 0 Å². The zero-order chi connectivity index (χ0) is 22.4. The molecule has 1 aliphatic heterocycles. The highest BCUT2D eigenvalue weighted by molar-refractivity contribution is 5.85. The lowest BCUT2D eigenvalue weighted by Crippen LogP contribution is -2.25. The van der Waals surface area contributed by atoms with Gasteiger partial charge in [-0.15, -0.1) is 0 Å². The molecule has 2 aliphatic rings. The van der Waals surface area contributed by atoms with Crippen molar-refractivity contribution in [2.45, 2.75) is 31.8 Å². The minimum absolute atomic E-state index is 0.0744. The van der Waals surface area contributed by atoms with Crippen LogP contribution < -0.4 is 10.4 Å². The SMILES string of the molecule is N#Cc1ccc2nc(Cn3c(=O)n(C4CC4)c4ccncc43)nc(OCC3CCOC3)c2c1. The summed E-state index contributed by atoms with van der Waals surface area (Å²) in [6.45, 7) is 2.10. The van der Waals surface area contributed by atoms with Crippen LogP contribution in [0.3, 0.4) is 0 Å². The highest BCUT2D eigenvalue weighted by atomic mass is 16.5. The number of nitrogens with zero attached hydrogens (tertiary/aromatic N) is 6. The van der Waals surface area contributed by atoms with E-state index in [2.05, 4.69) is 21.0 Å². The smallest absolute Gasteiger partial charge is 0.329 e. The largest absolute Gasteiger partial charge is 0.477 e. The first-order valence-corrected chi connectivity index (χ1v) is 11.2. The Bertz CT molecular complexity index is 1460. The third-order valence-electron chi connectivity index (χ3n) is 6.29. The van der Waals surface area contributed by atoms with E-state index < -0.39 is 0 Å². The van der Waals surface area contributed by atoms with Gasteiger partial charge in [-0.1, -0.05) is 0 Å². The minimum atomic E-state index is -0.0744. The van der Waals surface area contributed by atoms with Crippen LogP contribution in [-0.2, 0) is 11.3 Å². The molecule has 1 aromatic carbocycles. The standard InChI is InChI=1S/C24H22N6O3/c25-10-15-1-4-19-18(9-15)23(33-14-16-6-8-32-13-16)28-22(27-19)12-29-21-11-26-7-5-20(21)30(24(29)31)17-2-3-17/h1,4-5,7,9,11,16-17H,2-3,6,8,12-14H2. The molecule has 1 aliphatic carbocycles. The van der Waals surface area contributed by atoms with E-state index in [4.69, 9.17) is 9.47 Å². The predicted octanol–water partition coefficient (Wildman–Crippen LogP) is 2.81. The summed E-state index contributed by atoms with van der Waals surface area (Å²) >= 11 is 0. The summed E-state index contributed by atoms with van der Waals surface area (Å²) in [5, 5.41) is 10.0. The normalized spacial score (nSPS) is 18.1. The molecular weight excluding hydrogens is 420 g/mol. The maximum absolute atomic E-state index is 13.3. The topological polar surface area (TPSA) is 108 Å². The summed E-state index contributed by atoms with van der Waals surface area (Å²) in [5.41, 5.74) is 2.77. The third-order valence-corrected chi connectivity index (χ3v) is 6.29. The first-order valence-electron chi connectivity index (χ1n) is 11.2. The first kappa shape index (κ1) is 19.9. The Balaban J connectivity index is 1.42. The van der Waals surface area contributed by atoms with Gasteiger partial charge in [0.1, 0.15) is 0 Å². The van der Waals surface area contributed by atoms with Crippen LogP contribution in [0.1, 0.15) is 36.7 Å². The Morgan fingerprint density at radius 2 is 2.09 bits per heavy atom. The van der Waals surface area contributed by atoms with Gasteiger partial charge in [0.15, 0.2) is 5.82 Å². The number of nitriles is 1. The molecule has 0 bridgehead atoms. The average molecular weight is 442 g/mol. The second-order valence-electron chi connectivity index (χ2n) is 8.66. The van der Waals surface area contributed by atoms with Crippen LogP contribution in [0.5, 0.6) is 5.88 Å². The van der Waals surface area contributed by atoms with E-state index in [0.29, 0.717) is 47.3 Å². The number of fused-ring (bicyclic) bond motifs is 2. The summed E-state index contributed by atoms with van der Waals surface area (Å²) in [7, 11) is 0. The molecule has 6 rings (SSSR count). The maximum atomic E-state index is 13.3. The molecule has 0 radical (unpaired) electrons. The van der Waals surface area contributed by atoms with Crippen molar-refractivity contribution in [2.75, 3.05) is 19.8 Å².